The van der Waals surface area contributed by atoms with Crippen LogP contribution in [0.5, 0.6) is 0 Å². The lowest BCUT2D eigenvalue weighted by Gasteiger charge is -2.07. The van der Waals surface area contributed by atoms with Crippen molar-refractivity contribution in [2.75, 3.05) is 6.61 Å². The second-order valence-corrected chi connectivity index (χ2v) is 3.70. The lowest BCUT2D eigenvalue weighted by atomic mass is 10.1. The fourth-order valence-corrected chi connectivity index (χ4v) is 1.20. The number of Topliss-reactive ketones (excluding diaryl/α,β-unsaturated/α-hetero) is 1. The number of ketones is 1. The zero-order chi connectivity index (χ0) is 12.9. The van der Waals surface area contributed by atoms with Gasteiger partial charge in [-0.3, -0.25) is 4.79 Å². The Morgan fingerprint density at radius 2 is 1.82 bits per heavy atom. The molecule has 0 unspecified atom stereocenters. The van der Waals surface area contributed by atoms with Crippen LogP contribution in [0.3, 0.4) is 0 Å². The Morgan fingerprint density at radius 1 is 1.24 bits per heavy atom. The maximum atomic E-state index is 12.2. The van der Waals surface area contributed by atoms with Crippen molar-refractivity contribution in [3.63, 3.8) is 0 Å². The molecule has 0 bridgehead atoms. The molecule has 0 aliphatic carbocycles. The van der Waals surface area contributed by atoms with Crippen LogP contribution < -0.4 is 0 Å². The van der Waals surface area contributed by atoms with E-state index in [1.165, 1.54) is 19.1 Å². The fraction of sp³-hybridized carbons (Fsp3) is 0.417. The van der Waals surface area contributed by atoms with Crippen LogP contribution in [-0.2, 0) is 22.3 Å². The van der Waals surface area contributed by atoms with Crippen LogP contribution in [0.2, 0.25) is 0 Å². The van der Waals surface area contributed by atoms with Gasteiger partial charge in [-0.1, -0.05) is 12.1 Å². The first-order valence-corrected chi connectivity index (χ1v) is 5.13. The first kappa shape index (κ1) is 13.7. The molecule has 0 atom stereocenters. The zero-order valence-corrected chi connectivity index (χ0v) is 9.38. The van der Waals surface area contributed by atoms with E-state index in [0.717, 1.165) is 12.1 Å². The SMILES string of the molecule is CC(=O)CCOCc1ccc(C(F)(F)F)cc1. The number of rotatable bonds is 5. The number of hydrogen-bond acceptors (Lipinski definition) is 2. The van der Waals surface area contributed by atoms with Crippen molar-refractivity contribution in [2.45, 2.75) is 26.1 Å². The summed E-state index contributed by atoms with van der Waals surface area (Å²) in [5.74, 6) is 0.0254. The molecule has 0 spiro atoms. The van der Waals surface area contributed by atoms with Crippen LogP contribution in [-0.4, -0.2) is 12.4 Å². The molecule has 1 aromatic carbocycles. The Morgan fingerprint density at radius 3 is 2.29 bits per heavy atom. The Labute approximate surface area is 97.4 Å². The van der Waals surface area contributed by atoms with Crippen molar-refractivity contribution in [3.05, 3.63) is 35.4 Å². The van der Waals surface area contributed by atoms with E-state index in [2.05, 4.69) is 0 Å². The minimum atomic E-state index is -4.31. The summed E-state index contributed by atoms with van der Waals surface area (Å²) in [6.07, 6.45) is -3.99. The lowest BCUT2D eigenvalue weighted by molar-refractivity contribution is -0.137. The van der Waals surface area contributed by atoms with Gasteiger partial charge in [-0.15, -0.1) is 0 Å². The molecular formula is C12H13F3O2. The van der Waals surface area contributed by atoms with Gasteiger partial charge in [0.05, 0.1) is 18.8 Å². The average molecular weight is 246 g/mol. The number of benzene rings is 1. The summed E-state index contributed by atoms with van der Waals surface area (Å²) in [5.41, 5.74) is -0.0217. The maximum Gasteiger partial charge on any atom is 0.416 e. The highest BCUT2D eigenvalue weighted by atomic mass is 19.4. The van der Waals surface area contributed by atoms with Crippen molar-refractivity contribution in [1.82, 2.24) is 0 Å². The van der Waals surface area contributed by atoms with Gasteiger partial charge in [0.15, 0.2) is 0 Å². The summed E-state index contributed by atoms with van der Waals surface area (Å²) in [4.78, 5) is 10.6. The van der Waals surface area contributed by atoms with Crippen LogP contribution in [0.4, 0.5) is 13.2 Å². The number of carbonyl (C=O) groups is 1. The molecule has 5 heteroatoms. The van der Waals surface area contributed by atoms with Gasteiger partial charge in [-0.2, -0.15) is 13.2 Å². The van der Waals surface area contributed by atoms with E-state index < -0.39 is 11.7 Å². The largest absolute Gasteiger partial charge is 0.416 e. The van der Waals surface area contributed by atoms with Crippen molar-refractivity contribution < 1.29 is 22.7 Å². The van der Waals surface area contributed by atoms with Crippen LogP contribution in [0.25, 0.3) is 0 Å². The molecule has 0 N–H and O–H groups in total. The van der Waals surface area contributed by atoms with Crippen molar-refractivity contribution >= 4 is 5.78 Å². The van der Waals surface area contributed by atoms with E-state index in [4.69, 9.17) is 4.74 Å². The molecule has 2 nitrogen and oxygen atoms in total. The Kier molecular flexibility index (Phi) is 4.69. The van der Waals surface area contributed by atoms with Gasteiger partial charge in [-0.05, 0) is 24.6 Å². The molecule has 0 heterocycles. The summed E-state index contributed by atoms with van der Waals surface area (Å²) < 4.78 is 41.9. The van der Waals surface area contributed by atoms with Crippen molar-refractivity contribution in [1.29, 1.82) is 0 Å². The van der Waals surface area contributed by atoms with E-state index >= 15 is 0 Å². The second kappa shape index (κ2) is 5.82. The molecule has 0 fully saturated rings. The Balaban J connectivity index is 2.43. The topological polar surface area (TPSA) is 26.3 Å². The molecule has 0 aliphatic rings. The van der Waals surface area contributed by atoms with Crippen LogP contribution in [0.15, 0.2) is 24.3 Å². The average Bonchev–Trinajstić information content (AvgIpc) is 2.23. The molecule has 1 aromatic rings. The molecule has 0 aromatic heterocycles. The maximum absolute atomic E-state index is 12.2. The van der Waals surface area contributed by atoms with E-state index in [0.29, 0.717) is 12.0 Å². The molecular weight excluding hydrogens is 233 g/mol. The number of ether oxygens (including phenoxy) is 1. The van der Waals surface area contributed by atoms with Gasteiger partial charge in [0.1, 0.15) is 5.78 Å². The van der Waals surface area contributed by atoms with Gasteiger partial charge < -0.3 is 4.74 Å². The summed E-state index contributed by atoms with van der Waals surface area (Å²) in [6.45, 7) is 1.96. The van der Waals surface area contributed by atoms with E-state index in [1.54, 1.807) is 0 Å². The second-order valence-electron chi connectivity index (χ2n) is 3.70. The van der Waals surface area contributed by atoms with E-state index in [1.807, 2.05) is 0 Å². The number of carbonyl (C=O) groups excluding carboxylic acids is 1. The number of alkyl halides is 3. The van der Waals surface area contributed by atoms with Crippen LogP contribution in [0.1, 0.15) is 24.5 Å². The number of hydrogen-bond donors (Lipinski definition) is 0. The fourth-order valence-electron chi connectivity index (χ4n) is 1.20. The minimum absolute atomic E-state index is 0.0254. The minimum Gasteiger partial charge on any atom is -0.376 e. The highest BCUT2D eigenvalue weighted by Crippen LogP contribution is 2.29. The predicted molar refractivity (Wildman–Crippen MR) is 56.4 cm³/mol. The Bertz CT molecular complexity index is 368. The summed E-state index contributed by atoms with van der Waals surface area (Å²) in [5, 5.41) is 0. The smallest absolute Gasteiger partial charge is 0.376 e. The Hall–Kier alpha value is -1.36. The van der Waals surface area contributed by atoms with Crippen LogP contribution >= 0.6 is 0 Å². The third-order valence-corrected chi connectivity index (χ3v) is 2.15. The van der Waals surface area contributed by atoms with E-state index in [-0.39, 0.29) is 19.0 Å². The van der Waals surface area contributed by atoms with Gasteiger partial charge in [0, 0.05) is 6.42 Å². The predicted octanol–water partition coefficient (Wildman–Crippen LogP) is 3.20. The third-order valence-electron chi connectivity index (χ3n) is 2.15. The monoisotopic (exact) mass is 246 g/mol. The van der Waals surface area contributed by atoms with E-state index in [9.17, 15) is 18.0 Å². The normalized spacial score (nSPS) is 11.5. The van der Waals surface area contributed by atoms with Gasteiger partial charge in [-0.25, -0.2) is 0 Å². The van der Waals surface area contributed by atoms with Crippen molar-refractivity contribution in [3.8, 4) is 0 Å². The highest BCUT2D eigenvalue weighted by molar-refractivity contribution is 5.75. The van der Waals surface area contributed by atoms with Gasteiger partial charge in [0.25, 0.3) is 0 Å². The standard InChI is InChI=1S/C12H13F3O2/c1-9(16)6-7-17-8-10-2-4-11(5-3-10)12(13,14)15/h2-5H,6-8H2,1H3. The lowest BCUT2D eigenvalue weighted by Crippen LogP contribution is -2.05. The van der Waals surface area contributed by atoms with Gasteiger partial charge >= 0.3 is 6.18 Å². The van der Waals surface area contributed by atoms with Crippen LogP contribution in [0, 0.1) is 0 Å². The van der Waals surface area contributed by atoms with Gasteiger partial charge in [0.2, 0.25) is 0 Å². The number of halogens is 3. The molecule has 0 aliphatic heterocycles. The first-order chi connectivity index (χ1) is 7.89. The molecule has 94 valence electrons. The van der Waals surface area contributed by atoms with Crippen molar-refractivity contribution in [2.24, 2.45) is 0 Å². The zero-order valence-electron chi connectivity index (χ0n) is 9.38. The molecule has 0 saturated carbocycles. The quantitative estimate of drug-likeness (QED) is 0.746. The molecule has 0 amide bonds. The molecule has 0 saturated heterocycles. The molecule has 0 radical (unpaired) electrons. The third kappa shape index (κ3) is 4.99. The molecule has 17 heavy (non-hydrogen) atoms. The summed E-state index contributed by atoms with van der Waals surface area (Å²) >= 11 is 0. The highest BCUT2D eigenvalue weighted by Gasteiger charge is 2.29. The molecule has 1 rings (SSSR count). The summed E-state index contributed by atoms with van der Waals surface area (Å²) in [7, 11) is 0. The summed E-state index contributed by atoms with van der Waals surface area (Å²) in [6, 6.07) is 4.78. The first-order valence-electron chi connectivity index (χ1n) is 5.13.